The van der Waals surface area contributed by atoms with Crippen LogP contribution in [-0.2, 0) is 28.0 Å². The maximum atomic E-state index is 14.6. The highest BCUT2D eigenvalue weighted by Crippen LogP contribution is 2.45. The first-order valence-electron chi connectivity index (χ1n) is 13.8. The zero-order valence-electron chi connectivity index (χ0n) is 23.9. The molecule has 0 spiro atoms. The lowest BCUT2D eigenvalue weighted by atomic mass is 9.87. The Labute approximate surface area is 241 Å². The van der Waals surface area contributed by atoms with Gasteiger partial charge in [0.25, 0.3) is 0 Å². The second-order valence-electron chi connectivity index (χ2n) is 11.9. The molecule has 4 nitrogen and oxygen atoms in total. The average Bonchev–Trinajstić information content (AvgIpc) is 2.87. The van der Waals surface area contributed by atoms with E-state index in [-0.39, 0.29) is 23.9 Å². The van der Waals surface area contributed by atoms with Gasteiger partial charge >= 0.3 is 0 Å². The minimum absolute atomic E-state index is 0.127. The monoisotopic (exact) mass is 597 g/mol. The molecule has 1 N–H and O–H groups in total. The van der Waals surface area contributed by atoms with Crippen molar-refractivity contribution in [3.63, 3.8) is 0 Å². The third-order valence-corrected chi connectivity index (χ3v) is 7.69. The molecule has 39 heavy (non-hydrogen) atoms. The Bertz CT molecular complexity index is 1250. The molecule has 2 unspecified atom stereocenters. The smallest absolute Gasteiger partial charge is 0.132 e. The van der Waals surface area contributed by atoms with E-state index in [1.165, 1.54) is 17.2 Å². The first-order valence-corrected chi connectivity index (χ1v) is 14.6. The van der Waals surface area contributed by atoms with Gasteiger partial charge in [0.05, 0.1) is 6.61 Å². The predicted molar refractivity (Wildman–Crippen MR) is 160 cm³/mol. The second kappa shape index (κ2) is 12.4. The number of ether oxygens (including phenoxy) is 3. The quantitative estimate of drug-likeness (QED) is 0.236. The van der Waals surface area contributed by atoms with Crippen molar-refractivity contribution in [2.75, 3.05) is 11.9 Å². The zero-order chi connectivity index (χ0) is 28.2. The summed E-state index contributed by atoms with van der Waals surface area (Å²) in [7, 11) is 0. The second-order valence-corrected chi connectivity index (χ2v) is 12.8. The summed E-state index contributed by atoms with van der Waals surface area (Å²) in [6, 6.07) is 19.9. The molecular weight excluding hydrogens is 557 g/mol. The van der Waals surface area contributed by atoms with Crippen LogP contribution in [0.3, 0.4) is 0 Å². The fourth-order valence-electron chi connectivity index (χ4n) is 4.81. The van der Waals surface area contributed by atoms with Crippen LogP contribution >= 0.6 is 15.9 Å². The highest BCUT2D eigenvalue weighted by Gasteiger charge is 2.45. The van der Waals surface area contributed by atoms with Crippen LogP contribution in [-0.4, -0.2) is 18.3 Å². The van der Waals surface area contributed by atoms with Crippen molar-refractivity contribution >= 4 is 21.6 Å². The summed E-state index contributed by atoms with van der Waals surface area (Å²) in [5.41, 5.74) is 4.43. The van der Waals surface area contributed by atoms with Crippen LogP contribution < -0.4 is 10.1 Å². The Kier molecular flexibility index (Phi) is 9.41. The molecule has 0 bridgehead atoms. The molecule has 0 radical (unpaired) electrons. The zero-order valence-corrected chi connectivity index (χ0v) is 25.5. The molecule has 0 amide bonds. The maximum absolute atomic E-state index is 14.6. The van der Waals surface area contributed by atoms with Crippen LogP contribution in [0.4, 0.5) is 10.1 Å². The Morgan fingerprint density at radius 3 is 2.41 bits per heavy atom. The number of hydrogen-bond acceptors (Lipinski definition) is 4. The normalized spacial score (nSPS) is 18.4. The average molecular weight is 599 g/mol. The number of fused-ring (bicyclic) bond motifs is 1. The highest BCUT2D eigenvalue weighted by molar-refractivity contribution is 9.10. The number of benzene rings is 3. The Morgan fingerprint density at radius 2 is 1.74 bits per heavy atom. The number of rotatable bonds is 10. The first kappa shape index (κ1) is 29.6. The van der Waals surface area contributed by atoms with Gasteiger partial charge < -0.3 is 19.5 Å². The van der Waals surface area contributed by atoms with Crippen molar-refractivity contribution < 1.29 is 18.6 Å². The van der Waals surface area contributed by atoms with Gasteiger partial charge in [-0.2, -0.15) is 0 Å². The summed E-state index contributed by atoms with van der Waals surface area (Å²) < 4.78 is 34.5. The Morgan fingerprint density at radius 1 is 1.00 bits per heavy atom. The molecule has 1 aliphatic heterocycles. The number of anilines is 1. The topological polar surface area (TPSA) is 39.7 Å². The minimum atomic E-state index is -0.667. The maximum Gasteiger partial charge on any atom is 0.132 e. The molecule has 4 rings (SSSR count). The third kappa shape index (κ3) is 7.41. The van der Waals surface area contributed by atoms with E-state index in [2.05, 4.69) is 79.3 Å². The van der Waals surface area contributed by atoms with E-state index in [0.717, 1.165) is 29.8 Å². The van der Waals surface area contributed by atoms with E-state index in [1.54, 1.807) is 6.07 Å². The van der Waals surface area contributed by atoms with Crippen LogP contribution in [0.2, 0.25) is 0 Å². The highest BCUT2D eigenvalue weighted by atomic mass is 79.9. The van der Waals surface area contributed by atoms with E-state index >= 15 is 0 Å². The largest absolute Gasteiger partial charge is 0.485 e. The molecule has 0 aromatic heterocycles. The van der Waals surface area contributed by atoms with Gasteiger partial charge in [0.2, 0.25) is 0 Å². The SMILES string of the molecule is CCCCOC1c2cc(NCc3ccc(C(C)(C)C)cc3)ccc2OC(C)(C)C1OCc1ccc(Br)cc1F. The van der Waals surface area contributed by atoms with Crippen molar-refractivity contribution in [1.82, 2.24) is 0 Å². The molecule has 0 aliphatic carbocycles. The summed E-state index contributed by atoms with van der Waals surface area (Å²) in [6.45, 7) is 14.3. The predicted octanol–water partition coefficient (Wildman–Crippen LogP) is 9.11. The molecule has 0 fully saturated rings. The lowest BCUT2D eigenvalue weighted by molar-refractivity contribution is -0.167. The Balaban J connectivity index is 1.55. The number of hydrogen-bond donors (Lipinski definition) is 1. The molecule has 210 valence electrons. The lowest BCUT2D eigenvalue weighted by Crippen LogP contribution is -2.51. The van der Waals surface area contributed by atoms with Crippen LogP contribution in [0.15, 0.2) is 65.1 Å². The van der Waals surface area contributed by atoms with Gasteiger partial charge in [0, 0.05) is 34.4 Å². The third-order valence-electron chi connectivity index (χ3n) is 7.19. The summed E-state index contributed by atoms with van der Waals surface area (Å²) in [5.74, 6) is 0.487. The van der Waals surface area contributed by atoms with Crippen molar-refractivity contribution in [2.45, 2.75) is 90.8 Å². The van der Waals surface area contributed by atoms with Gasteiger partial charge in [-0.3, -0.25) is 0 Å². The van der Waals surface area contributed by atoms with Gasteiger partial charge in [-0.1, -0.05) is 80.4 Å². The number of unbranched alkanes of at least 4 members (excludes halogenated alkanes) is 1. The molecule has 2 atom stereocenters. The summed E-state index contributed by atoms with van der Waals surface area (Å²) in [6.07, 6.45) is 1.21. The lowest BCUT2D eigenvalue weighted by Gasteiger charge is -2.44. The van der Waals surface area contributed by atoms with Crippen LogP contribution in [0.5, 0.6) is 5.75 Å². The summed E-state index contributed by atoms with van der Waals surface area (Å²) in [5, 5.41) is 3.56. The van der Waals surface area contributed by atoms with Gasteiger partial charge in [-0.25, -0.2) is 4.39 Å². The molecular formula is C33H41BrFNO3. The van der Waals surface area contributed by atoms with Crippen molar-refractivity contribution in [1.29, 1.82) is 0 Å². The van der Waals surface area contributed by atoms with E-state index < -0.39 is 11.7 Å². The first-order chi connectivity index (χ1) is 18.5. The summed E-state index contributed by atoms with van der Waals surface area (Å²) >= 11 is 3.32. The van der Waals surface area contributed by atoms with Crippen molar-refractivity contribution in [2.24, 2.45) is 0 Å². The van der Waals surface area contributed by atoms with Crippen LogP contribution in [0.25, 0.3) is 0 Å². The van der Waals surface area contributed by atoms with Gasteiger partial charge in [-0.15, -0.1) is 0 Å². The van der Waals surface area contributed by atoms with Crippen molar-refractivity contribution in [3.8, 4) is 5.75 Å². The van der Waals surface area contributed by atoms with Gasteiger partial charge in [-0.05, 0) is 67.1 Å². The molecule has 3 aromatic carbocycles. The molecule has 0 saturated heterocycles. The van der Waals surface area contributed by atoms with Crippen LogP contribution in [0.1, 0.15) is 82.7 Å². The Hall–Kier alpha value is -2.41. The van der Waals surface area contributed by atoms with E-state index in [0.29, 0.717) is 23.2 Å². The number of halogens is 2. The summed E-state index contributed by atoms with van der Waals surface area (Å²) in [4.78, 5) is 0. The molecule has 1 aliphatic rings. The van der Waals surface area contributed by atoms with Gasteiger partial charge in [0.15, 0.2) is 0 Å². The fraction of sp³-hybridized carbons (Fsp3) is 0.455. The van der Waals surface area contributed by atoms with E-state index in [1.807, 2.05) is 32.0 Å². The van der Waals surface area contributed by atoms with Gasteiger partial charge in [0.1, 0.15) is 29.4 Å². The van der Waals surface area contributed by atoms with E-state index in [9.17, 15) is 4.39 Å². The minimum Gasteiger partial charge on any atom is -0.485 e. The van der Waals surface area contributed by atoms with E-state index in [4.69, 9.17) is 14.2 Å². The fourth-order valence-corrected chi connectivity index (χ4v) is 5.14. The van der Waals surface area contributed by atoms with Crippen LogP contribution in [0, 0.1) is 5.82 Å². The standard InChI is InChI=1S/C33H41BrFNO3/c1-7-8-17-37-30-27-19-26(36-20-22-9-12-24(13-10-22)32(2,3)4)15-16-29(27)39-33(5,6)31(30)38-21-23-11-14-25(34)18-28(23)35/h9-16,18-19,30-31,36H,7-8,17,20-21H2,1-6H3. The molecule has 3 aromatic rings. The number of nitrogens with one attached hydrogen (secondary N) is 1. The van der Waals surface area contributed by atoms with Crippen molar-refractivity contribution in [3.05, 3.63) is 93.2 Å². The molecule has 1 heterocycles. The molecule has 6 heteroatoms. The molecule has 0 saturated carbocycles.